The Morgan fingerprint density at radius 1 is 1.32 bits per heavy atom. The van der Waals surface area contributed by atoms with Gasteiger partial charge in [0.25, 0.3) is 5.91 Å². The van der Waals surface area contributed by atoms with Gasteiger partial charge in [0.05, 0.1) is 5.69 Å². The van der Waals surface area contributed by atoms with Crippen molar-refractivity contribution in [3.8, 4) is 11.3 Å². The molecule has 1 amide bonds. The molecule has 0 atom stereocenters. The highest BCUT2D eigenvalue weighted by atomic mass is 32.1. The molecule has 3 rings (SSSR count). The van der Waals surface area contributed by atoms with E-state index in [0.29, 0.717) is 18.9 Å². The second-order valence-electron chi connectivity index (χ2n) is 4.32. The Morgan fingerprint density at radius 2 is 2.18 bits per heavy atom. The molecule has 0 unspecified atom stereocenters. The van der Waals surface area contributed by atoms with Gasteiger partial charge in [0.1, 0.15) is 31.1 Å². The molecule has 0 bridgehead atoms. The molecule has 1 aliphatic rings. The molecule has 1 aromatic heterocycles. The first-order valence-electron chi connectivity index (χ1n) is 6.30. The summed E-state index contributed by atoms with van der Waals surface area (Å²) in [7, 11) is 0. The summed E-state index contributed by atoms with van der Waals surface area (Å²) in [4.78, 5) is 16.0. The molecule has 114 valence electrons. The van der Waals surface area contributed by atoms with E-state index in [-0.39, 0.29) is 16.5 Å². The number of amides is 1. The van der Waals surface area contributed by atoms with Crippen molar-refractivity contribution in [1.82, 2.24) is 4.98 Å². The van der Waals surface area contributed by atoms with Gasteiger partial charge < -0.3 is 9.47 Å². The van der Waals surface area contributed by atoms with Crippen LogP contribution < -0.4 is 5.32 Å². The fraction of sp³-hybridized carbons (Fsp3) is 0.143. The third kappa shape index (κ3) is 3.06. The lowest BCUT2D eigenvalue weighted by Crippen LogP contribution is -2.21. The van der Waals surface area contributed by atoms with Crippen molar-refractivity contribution in [2.75, 3.05) is 18.5 Å². The van der Waals surface area contributed by atoms with Crippen LogP contribution in [0.1, 0.15) is 0 Å². The summed E-state index contributed by atoms with van der Waals surface area (Å²) >= 11 is 1.12. The number of hydrogen-bond donors (Lipinski definition) is 1. The Labute approximate surface area is 128 Å². The zero-order valence-electron chi connectivity index (χ0n) is 11.1. The molecule has 1 aromatic carbocycles. The van der Waals surface area contributed by atoms with Crippen LogP contribution in [-0.4, -0.2) is 24.1 Å². The fourth-order valence-electron chi connectivity index (χ4n) is 1.80. The highest BCUT2D eigenvalue weighted by Gasteiger charge is 2.17. The van der Waals surface area contributed by atoms with E-state index in [0.717, 1.165) is 23.5 Å². The summed E-state index contributed by atoms with van der Waals surface area (Å²) in [6.07, 6.45) is 1.23. The Bertz CT molecular complexity index is 745. The molecule has 22 heavy (non-hydrogen) atoms. The van der Waals surface area contributed by atoms with Crippen molar-refractivity contribution in [2.45, 2.75) is 0 Å². The minimum Gasteiger partial charge on any atom is -0.494 e. The first-order valence-corrected chi connectivity index (χ1v) is 7.18. The number of carbonyl (C=O) groups is 1. The monoisotopic (exact) mass is 324 g/mol. The molecule has 0 saturated carbocycles. The van der Waals surface area contributed by atoms with Crippen LogP contribution in [0.15, 0.2) is 35.6 Å². The van der Waals surface area contributed by atoms with Crippen molar-refractivity contribution in [1.29, 1.82) is 0 Å². The van der Waals surface area contributed by atoms with E-state index in [1.807, 2.05) is 0 Å². The summed E-state index contributed by atoms with van der Waals surface area (Å²) < 4.78 is 36.7. The van der Waals surface area contributed by atoms with Gasteiger partial charge in [-0.2, -0.15) is 0 Å². The maximum absolute atomic E-state index is 13.7. The molecule has 0 saturated heterocycles. The average Bonchev–Trinajstić information content (AvgIpc) is 2.96. The normalized spacial score (nSPS) is 13.8. The Balaban J connectivity index is 1.76. The molecule has 8 heteroatoms. The van der Waals surface area contributed by atoms with Gasteiger partial charge in [-0.25, -0.2) is 13.8 Å². The summed E-state index contributed by atoms with van der Waals surface area (Å²) in [5.41, 5.74) is 0.474. The molecule has 0 fully saturated rings. The van der Waals surface area contributed by atoms with Crippen molar-refractivity contribution in [3.63, 3.8) is 0 Å². The highest BCUT2D eigenvalue weighted by Crippen LogP contribution is 2.27. The van der Waals surface area contributed by atoms with Gasteiger partial charge in [-0.05, 0) is 12.1 Å². The third-order valence-corrected chi connectivity index (χ3v) is 3.56. The molecule has 0 aliphatic carbocycles. The van der Waals surface area contributed by atoms with Crippen LogP contribution in [0.5, 0.6) is 0 Å². The van der Waals surface area contributed by atoms with Gasteiger partial charge in [0.15, 0.2) is 5.13 Å². The topological polar surface area (TPSA) is 60.5 Å². The number of aromatic nitrogens is 1. The first-order chi connectivity index (χ1) is 10.6. The molecular weight excluding hydrogens is 314 g/mol. The summed E-state index contributed by atoms with van der Waals surface area (Å²) in [6.45, 7) is 0.686. The fourth-order valence-corrected chi connectivity index (χ4v) is 2.50. The zero-order chi connectivity index (χ0) is 15.5. The molecule has 0 spiro atoms. The van der Waals surface area contributed by atoms with Gasteiger partial charge in [0, 0.05) is 17.0 Å². The van der Waals surface area contributed by atoms with E-state index in [9.17, 15) is 13.6 Å². The summed E-state index contributed by atoms with van der Waals surface area (Å²) in [5.74, 6) is -1.82. The van der Waals surface area contributed by atoms with Crippen LogP contribution in [0.25, 0.3) is 11.3 Å². The smallest absolute Gasteiger partial charge is 0.295 e. The number of carbonyl (C=O) groups excluding carboxylic acids is 1. The van der Waals surface area contributed by atoms with E-state index >= 15 is 0 Å². The molecule has 1 N–H and O–H groups in total. The maximum Gasteiger partial charge on any atom is 0.295 e. The average molecular weight is 324 g/mol. The van der Waals surface area contributed by atoms with Gasteiger partial charge in [-0.1, -0.05) is 0 Å². The lowest BCUT2D eigenvalue weighted by atomic mass is 10.1. The largest absolute Gasteiger partial charge is 0.494 e. The van der Waals surface area contributed by atoms with Gasteiger partial charge in [0.2, 0.25) is 5.76 Å². The number of nitrogens with one attached hydrogen (secondary N) is 1. The first kappa shape index (κ1) is 14.5. The molecule has 5 nitrogen and oxygen atoms in total. The molecule has 2 heterocycles. The number of nitrogens with zero attached hydrogens (tertiary/aromatic N) is 1. The van der Waals surface area contributed by atoms with Crippen molar-refractivity contribution < 1.29 is 23.0 Å². The van der Waals surface area contributed by atoms with Gasteiger partial charge >= 0.3 is 0 Å². The van der Waals surface area contributed by atoms with E-state index in [1.54, 1.807) is 5.38 Å². The van der Waals surface area contributed by atoms with Crippen molar-refractivity contribution in [2.24, 2.45) is 0 Å². The Hall–Kier alpha value is -2.48. The molecule has 2 aromatic rings. The summed E-state index contributed by atoms with van der Waals surface area (Å²) in [5, 5.41) is 4.38. The minimum absolute atomic E-state index is 0.0518. The van der Waals surface area contributed by atoms with E-state index < -0.39 is 17.5 Å². The standard InChI is InChI=1S/C14H10F2N2O3S/c15-8-1-2-9(10(16)5-8)11-7-22-14(17-11)18-13(19)12-6-20-3-4-21-12/h1-2,5-7H,3-4H2,(H,17,18,19). The maximum atomic E-state index is 13.7. The van der Waals surface area contributed by atoms with Gasteiger partial charge in [-0.3, -0.25) is 10.1 Å². The van der Waals surface area contributed by atoms with E-state index in [4.69, 9.17) is 9.47 Å². The molecule has 0 radical (unpaired) electrons. The number of benzene rings is 1. The quantitative estimate of drug-likeness (QED) is 0.943. The number of anilines is 1. The zero-order valence-corrected chi connectivity index (χ0v) is 12.0. The second-order valence-corrected chi connectivity index (χ2v) is 5.18. The van der Waals surface area contributed by atoms with Crippen molar-refractivity contribution >= 4 is 22.4 Å². The van der Waals surface area contributed by atoms with Crippen LogP contribution in [0.3, 0.4) is 0 Å². The lowest BCUT2D eigenvalue weighted by molar-refractivity contribution is -0.117. The van der Waals surface area contributed by atoms with E-state index in [1.165, 1.54) is 12.3 Å². The Kier molecular flexibility index (Phi) is 4.01. The SMILES string of the molecule is O=C(Nc1nc(-c2ccc(F)cc2F)cs1)C1=COCCO1. The third-order valence-electron chi connectivity index (χ3n) is 2.80. The Morgan fingerprint density at radius 3 is 2.91 bits per heavy atom. The predicted octanol–water partition coefficient (Wildman–Crippen LogP) is 2.92. The van der Waals surface area contributed by atoms with Crippen LogP contribution in [-0.2, 0) is 14.3 Å². The van der Waals surface area contributed by atoms with Gasteiger partial charge in [-0.15, -0.1) is 11.3 Å². The number of thiazole rings is 1. The van der Waals surface area contributed by atoms with Crippen LogP contribution >= 0.6 is 11.3 Å². The van der Waals surface area contributed by atoms with Crippen molar-refractivity contribution in [3.05, 3.63) is 47.2 Å². The van der Waals surface area contributed by atoms with E-state index in [2.05, 4.69) is 10.3 Å². The number of hydrogen-bond acceptors (Lipinski definition) is 5. The summed E-state index contributed by atoms with van der Waals surface area (Å²) in [6, 6.07) is 3.23. The van der Waals surface area contributed by atoms with Crippen LogP contribution in [0, 0.1) is 11.6 Å². The predicted molar refractivity (Wildman–Crippen MR) is 76.1 cm³/mol. The molecule has 1 aliphatic heterocycles. The molecular formula is C14H10F2N2O3S. The highest BCUT2D eigenvalue weighted by molar-refractivity contribution is 7.14. The lowest BCUT2D eigenvalue weighted by Gasteiger charge is -2.14. The number of rotatable bonds is 3. The number of halogens is 2. The second kappa shape index (κ2) is 6.10. The minimum atomic E-state index is -0.713. The number of ether oxygens (including phenoxy) is 2. The van der Waals surface area contributed by atoms with Crippen LogP contribution in [0.4, 0.5) is 13.9 Å². The van der Waals surface area contributed by atoms with Crippen LogP contribution in [0.2, 0.25) is 0 Å².